The number of carbonyl (C=O) groups excluding carboxylic acids is 2. The van der Waals surface area contributed by atoms with Gasteiger partial charge in [0.05, 0.1) is 16.8 Å². The molecular formula is C28H28N6O2. The minimum absolute atomic E-state index is 0.103. The lowest BCUT2D eigenvalue weighted by molar-refractivity contribution is -0.129. The highest BCUT2D eigenvalue weighted by Gasteiger charge is 2.19. The molecule has 0 saturated carbocycles. The Morgan fingerprint density at radius 3 is 2.75 bits per heavy atom. The Balaban J connectivity index is 1.30. The number of anilines is 1. The summed E-state index contributed by atoms with van der Waals surface area (Å²) in [6, 6.07) is 15.9. The Kier molecular flexibility index (Phi) is 6.58. The van der Waals surface area contributed by atoms with E-state index >= 15 is 0 Å². The third-order valence-corrected chi connectivity index (χ3v) is 6.65. The van der Waals surface area contributed by atoms with Crippen LogP contribution in [0.2, 0.25) is 0 Å². The highest BCUT2D eigenvalue weighted by Crippen LogP contribution is 2.26. The normalized spacial score (nSPS) is 12.8. The molecule has 1 aliphatic rings. The standard InChI is InChI=1S/C28H28N6O2/c1-18(35)34-13-10-19-6-7-21(14-22(19)16-34)25-15-26(33-17-32-25)30-11-8-20-4-3-5-23-24(28(36)29-2)9-12-31-27(20)23/h3-7,9,12,14-15,17H,8,10-11,13,16H2,1-2H3,(H,29,36)(H,30,32,33). The second-order valence-corrected chi connectivity index (χ2v) is 8.89. The molecule has 0 bridgehead atoms. The number of aromatic nitrogens is 3. The van der Waals surface area contributed by atoms with E-state index in [4.69, 9.17) is 0 Å². The number of amides is 2. The molecule has 8 nitrogen and oxygen atoms in total. The molecule has 0 aliphatic carbocycles. The first-order valence-corrected chi connectivity index (χ1v) is 12.1. The fourth-order valence-corrected chi connectivity index (χ4v) is 4.69. The molecule has 2 amide bonds. The van der Waals surface area contributed by atoms with E-state index < -0.39 is 0 Å². The Morgan fingerprint density at radius 1 is 1.03 bits per heavy atom. The molecule has 0 radical (unpaired) electrons. The molecular weight excluding hydrogens is 452 g/mol. The lowest BCUT2D eigenvalue weighted by atomic mass is 9.96. The average molecular weight is 481 g/mol. The molecule has 0 atom stereocenters. The van der Waals surface area contributed by atoms with Crippen molar-refractivity contribution in [1.29, 1.82) is 0 Å². The minimum atomic E-state index is -0.123. The number of hydrogen-bond acceptors (Lipinski definition) is 6. The molecule has 2 aromatic carbocycles. The summed E-state index contributed by atoms with van der Waals surface area (Å²) < 4.78 is 0. The van der Waals surface area contributed by atoms with Crippen LogP contribution in [-0.2, 0) is 24.2 Å². The summed E-state index contributed by atoms with van der Waals surface area (Å²) >= 11 is 0. The number of nitrogens with zero attached hydrogens (tertiary/aromatic N) is 4. The molecule has 0 spiro atoms. The van der Waals surface area contributed by atoms with Gasteiger partial charge in [-0.25, -0.2) is 9.97 Å². The van der Waals surface area contributed by atoms with Gasteiger partial charge in [0.25, 0.3) is 5.91 Å². The first kappa shape index (κ1) is 23.4. The van der Waals surface area contributed by atoms with E-state index in [2.05, 4.69) is 43.8 Å². The number of pyridine rings is 1. The molecule has 0 unspecified atom stereocenters. The van der Waals surface area contributed by atoms with Crippen LogP contribution >= 0.6 is 0 Å². The molecule has 0 fully saturated rings. The van der Waals surface area contributed by atoms with Gasteiger partial charge in [0, 0.05) is 56.8 Å². The van der Waals surface area contributed by atoms with Crippen LogP contribution in [0.4, 0.5) is 5.82 Å². The Bertz CT molecular complexity index is 1450. The number of nitrogens with one attached hydrogen (secondary N) is 2. The first-order chi connectivity index (χ1) is 17.5. The highest BCUT2D eigenvalue weighted by atomic mass is 16.2. The number of carbonyl (C=O) groups is 2. The Hall–Kier alpha value is -4.33. The van der Waals surface area contributed by atoms with Crippen molar-refractivity contribution in [2.75, 3.05) is 25.5 Å². The smallest absolute Gasteiger partial charge is 0.251 e. The van der Waals surface area contributed by atoms with Crippen molar-refractivity contribution < 1.29 is 9.59 Å². The van der Waals surface area contributed by atoms with Crippen molar-refractivity contribution in [3.63, 3.8) is 0 Å². The van der Waals surface area contributed by atoms with Crippen LogP contribution in [0.1, 0.15) is 34.0 Å². The van der Waals surface area contributed by atoms with Crippen LogP contribution in [-0.4, -0.2) is 51.8 Å². The van der Waals surface area contributed by atoms with Crippen LogP contribution in [0.5, 0.6) is 0 Å². The van der Waals surface area contributed by atoms with Crippen LogP contribution in [0.3, 0.4) is 0 Å². The molecule has 3 heterocycles. The van der Waals surface area contributed by atoms with Gasteiger partial charge in [0.2, 0.25) is 5.91 Å². The van der Waals surface area contributed by atoms with E-state index in [0.717, 1.165) is 52.9 Å². The first-order valence-electron chi connectivity index (χ1n) is 12.1. The van der Waals surface area contributed by atoms with E-state index in [1.165, 1.54) is 11.1 Å². The maximum Gasteiger partial charge on any atom is 0.251 e. The zero-order chi connectivity index (χ0) is 25.1. The van der Waals surface area contributed by atoms with E-state index in [9.17, 15) is 9.59 Å². The zero-order valence-corrected chi connectivity index (χ0v) is 20.4. The quantitative estimate of drug-likeness (QED) is 0.437. The number of benzene rings is 2. The van der Waals surface area contributed by atoms with Crippen LogP contribution in [0, 0.1) is 0 Å². The van der Waals surface area contributed by atoms with E-state index in [1.807, 2.05) is 29.2 Å². The highest BCUT2D eigenvalue weighted by molar-refractivity contribution is 6.06. The van der Waals surface area contributed by atoms with Crippen molar-refractivity contribution in [3.05, 3.63) is 83.3 Å². The summed E-state index contributed by atoms with van der Waals surface area (Å²) in [6.07, 6.45) is 4.84. The minimum Gasteiger partial charge on any atom is -0.370 e. The third kappa shape index (κ3) is 4.75. The topological polar surface area (TPSA) is 100 Å². The summed E-state index contributed by atoms with van der Waals surface area (Å²) in [4.78, 5) is 39.3. The van der Waals surface area contributed by atoms with E-state index in [-0.39, 0.29) is 11.8 Å². The summed E-state index contributed by atoms with van der Waals surface area (Å²) in [5.74, 6) is 0.718. The molecule has 8 heteroatoms. The van der Waals surface area contributed by atoms with Gasteiger partial charge < -0.3 is 15.5 Å². The van der Waals surface area contributed by atoms with Gasteiger partial charge in [-0.3, -0.25) is 14.6 Å². The Labute approximate surface area is 209 Å². The van der Waals surface area contributed by atoms with E-state index in [1.54, 1.807) is 32.6 Å². The van der Waals surface area contributed by atoms with Crippen molar-refractivity contribution in [2.24, 2.45) is 0 Å². The molecule has 36 heavy (non-hydrogen) atoms. The number of rotatable bonds is 6. The average Bonchev–Trinajstić information content (AvgIpc) is 2.92. The maximum atomic E-state index is 12.2. The second-order valence-electron chi connectivity index (χ2n) is 8.89. The largest absolute Gasteiger partial charge is 0.370 e. The van der Waals surface area contributed by atoms with Crippen molar-refractivity contribution >= 4 is 28.5 Å². The summed E-state index contributed by atoms with van der Waals surface area (Å²) in [5, 5.41) is 6.92. The summed E-state index contributed by atoms with van der Waals surface area (Å²) in [7, 11) is 1.63. The maximum absolute atomic E-state index is 12.2. The van der Waals surface area contributed by atoms with Crippen molar-refractivity contribution in [1.82, 2.24) is 25.2 Å². The van der Waals surface area contributed by atoms with Crippen molar-refractivity contribution in [3.8, 4) is 11.3 Å². The van der Waals surface area contributed by atoms with Gasteiger partial charge in [0.1, 0.15) is 12.1 Å². The predicted molar refractivity (Wildman–Crippen MR) is 140 cm³/mol. The Morgan fingerprint density at radius 2 is 1.92 bits per heavy atom. The van der Waals surface area contributed by atoms with E-state index in [0.29, 0.717) is 18.7 Å². The number of para-hydroxylation sites is 1. The molecule has 1 aliphatic heterocycles. The lowest BCUT2D eigenvalue weighted by Crippen LogP contribution is -2.34. The molecule has 2 aromatic heterocycles. The monoisotopic (exact) mass is 480 g/mol. The van der Waals surface area contributed by atoms with Gasteiger partial charge in [-0.15, -0.1) is 0 Å². The third-order valence-electron chi connectivity index (χ3n) is 6.65. The van der Waals surface area contributed by atoms with Crippen LogP contribution in [0.15, 0.2) is 61.1 Å². The fourth-order valence-electron chi connectivity index (χ4n) is 4.69. The molecule has 2 N–H and O–H groups in total. The molecule has 182 valence electrons. The molecule has 0 saturated heterocycles. The summed E-state index contributed by atoms with van der Waals surface area (Å²) in [6.45, 7) is 3.67. The van der Waals surface area contributed by atoms with Crippen molar-refractivity contribution in [2.45, 2.75) is 26.3 Å². The molecule has 4 aromatic rings. The van der Waals surface area contributed by atoms with Gasteiger partial charge >= 0.3 is 0 Å². The summed E-state index contributed by atoms with van der Waals surface area (Å²) in [5.41, 5.74) is 6.80. The number of fused-ring (bicyclic) bond motifs is 2. The predicted octanol–water partition coefficient (Wildman–Crippen LogP) is 3.61. The SMILES string of the molecule is CNC(=O)c1ccnc2c(CCNc3cc(-c4ccc5c(c4)CN(C(C)=O)CC5)ncn3)cccc12. The number of hydrogen-bond donors (Lipinski definition) is 2. The van der Waals surface area contributed by atoms with Crippen LogP contribution < -0.4 is 10.6 Å². The van der Waals surface area contributed by atoms with Gasteiger partial charge in [-0.05, 0) is 41.7 Å². The molecule has 5 rings (SSSR count). The van der Waals surface area contributed by atoms with Gasteiger partial charge in [-0.1, -0.05) is 30.3 Å². The van der Waals surface area contributed by atoms with Gasteiger partial charge in [-0.2, -0.15) is 0 Å². The fraction of sp³-hybridized carbons (Fsp3) is 0.250. The van der Waals surface area contributed by atoms with Gasteiger partial charge in [0.15, 0.2) is 0 Å². The lowest BCUT2D eigenvalue weighted by Gasteiger charge is -2.28. The zero-order valence-electron chi connectivity index (χ0n) is 20.4. The van der Waals surface area contributed by atoms with Crippen LogP contribution in [0.25, 0.3) is 22.2 Å². The second kappa shape index (κ2) is 10.1.